The van der Waals surface area contributed by atoms with Crippen molar-refractivity contribution in [3.8, 4) is 5.75 Å². The summed E-state index contributed by atoms with van der Waals surface area (Å²) in [6, 6.07) is 15.4. The van der Waals surface area contributed by atoms with Gasteiger partial charge in [0.2, 0.25) is 5.91 Å². The smallest absolute Gasteiger partial charge is 0.227 e. The van der Waals surface area contributed by atoms with Gasteiger partial charge in [-0.25, -0.2) is 0 Å². The molecule has 1 fully saturated rings. The topological polar surface area (TPSA) is 69.8 Å². The number of piperidine rings is 1. The van der Waals surface area contributed by atoms with E-state index < -0.39 is 5.54 Å². The van der Waals surface area contributed by atoms with Crippen molar-refractivity contribution in [2.24, 2.45) is 5.73 Å². The van der Waals surface area contributed by atoms with E-state index in [1.165, 1.54) is 5.56 Å². The number of benzene rings is 2. The van der Waals surface area contributed by atoms with Crippen molar-refractivity contribution in [3.63, 3.8) is 0 Å². The Bertz CT molecular complexity index is 854. The zero-order valence-corrected chi connectivity index (χ0v) is 15.9. The van der Waals surface area contributed by atoms with Crippen LogP contribution in [0.2, 0.25) is 0 Å². The Morgan fingerprint density at radius 1 is 1.30 bits per heavy atom. The Balaban J connectivity index is 1.69. The van der Waals surface area contributed by atoms with Crippen molar-refractivity contribution < 1.29 is 9.90 Å². The number of carbonyl (C=O) groups excluding carboxylic acids is 1. The number of hydrogen-bond donors (Lipinski definition) is 2. The lowest BCUT2D eigenvalue weighted by atomic mass is 9.66. The molecule has 1 heterocycles. The van der Waals surface area contributed by atoms with Crippen LogP contribution in [0, 0.1) is 0 Å². The molecular formula is C22H27N3O2. The zero-order chi connectivity index (χ0) is 19.2. The van der Waals surface area contributed by atoms with Gasteiger partial charge >= 0.3 is 0 Å². The summed E-state index contributed by atoms with van der Waals surface area (Å²) in [5.74, 6) is 0.304. The molecule has 1 amide bonds. The first kappa shape index (κ1) is 18.0. The van der Waals surface area contributed by atoms with Gasteiger partial charge in [-0.15, -0.1) is 0 Å². The highest BCUT2D eigenvalue weighted by Crippen LogP contribution is 2.44. The molecule has 2 bridgehead atoms. The van der Waals surface area contributed by atoms with E-state index in [0.29, 0.717) is 6.42 Å². The fourth-order valence-corrected chi connectivity index (χ4v) is 4.88. The third-order valence-corrected chi connectivity index (χ3v) is 6.37. The number of amides is 1. The van der Waals surface area contributed by atoms with Gasteiger partial charge < -0.3 is 20.6 Å². The molecule has 5 nitrogen and oxygen atoms in total. The molecule has 2 aliphatic rings. The molecule has 4 rings (SSSR count). The van der Waals surface area contributed by atoms with Crippen molar-refractivity contribution >= 4 is 5.91 Å². The highest BCUT2D eigenvalue weighted by atomic mass is 16.3. The third kappa shape index (κ3) is 3.01. The number of carbonyl (C=O) groups is 1. The summed E-state index contributed by atoms with van der Waals surface area (Å²) in [5, 5.41) is 10.0. The van der Waals surface area contributed by atoms with E-state index in [9.17, 15) is 9.90 Å². The van der Waals surface area contributed by atoms with Gasteiger partial charge in [0.05, 0.1) is 18.0 Å². The molecule has 1 aliphatic carbocycles. The van der Waals surface area contributed by atoms with E-state index in [1.807, 2.05) is 48.3 Å². The van der Waals surface area contributed by atoms with Crippen LogP contribution in [0.15, 0.2) is 48.5 Å². The number of rotatable bonds is 3. The summed E-state index contributed by atoms with van der Waals surface area (Å²) in [7, 11) is 3.98. The molecule has 0 spiro atoms. The first-order valence-corrected chi connectivity index (χ1v) is 9.51. The fourth-order valence-electron chi connectivity index (χ4n) is 4.88. The van der Waals surface area contributed by atoms with Crippen molar-refractivity contribution in [1.82, 2.24) is 9.80 Å². The predicted octanol–water partition coefficient (Wildman–Crippen LogP) is 1.88. The third-order valence-electron chi connectivity index (χ3n) is 6.37. The number of likely N-dealkylation sites (N-methyl/N-ethyl adjacent to an activating group) is 2. The van der Waals surface area contributed by atoms with Crippen LogP contribution in [0.3, 0.4) is 0 Å². The summed E-state index contributed by atoms with van der Waals surface area (Å²) >= 11 is 0. The van der Waals surface area contributed by atoms with Gasteiger partial charge in [0, 0.05) is 19.6 Å². The van der Waals surface area contributed by atoms with Crippen molar-refractivity contribution in [2.75, 3.05) is 20.6 Å². The number of phenols is 1. The standard InChI is InChI=1S/C22H27N3O2/c1-24-11-10-22(23)18-14-17(26)9-8-16(18)13-19(24)21(22)25(2)20(27)12-15-6-4-3-5-7-15/h3-9,14,19,21,26H,10-13,23H2,1-2H3/t19-,21+,22-/m1/s1. The van der Waals surface area contributed by atoms with Crippen LogP contribution in [0.4, 0.5) is 0 Å². The number of likely N-dealkylation sites (tertiary alicyclic amines) is 1. The van der Waals surface area contributed by atoms with E-state index in [-0.39, 0.29) is 23.7 Å². The Kier molecular flexibility index (Phi) is 4.44. The molecule has 27 heavy (non-hydrogen) atoms. The van der Waals surface area contributed by atoms with Crippen LogP contribution in [0.5, 0.6) is 5.75 Å². The van der Waals surface area contributed by atoms with Gasteiger partial charge in [0.1, 0.15) is 5.75 Å². The number of aromatic hydroxyl groups is 1. The second kappa shape index (κ2) is 6.66. The zero-order valence-electron chi connectivity index (χ0n) is 15.9. The lowest BCUT2D eigenvalue weighted by Crippen LogP contribution is -2.71. The number of nitrogens with zero attached hydrogens (tertiary/aromatic N) is 2. The van der Waals surface area contributed by atoms with Gasteiger partial charge in [-0.2, -0.15) is 0 Å². The maximum Gasteiger partial charge on any atom is 0.227 e. The van der Waals surface area contributed by atoms with Crippen LogP contribution in [-0.2, 0) is 23.2 Å². The molecule has 1 saturated heterocycles. The van der Waals surface area contributed by atoms with Crippen LogP contribution < -0.4 is 5.73 Å². The minimum atomic E-state index is -0.648. The molecule has 2 aromatic rings. The van der Waals surface area contributed by atoms with E-state index in [4.69, 9.17) is 5.73 Å². The summed E-state index contributed by atoms with van der Waals surface area (Å²) in [5.41, 5.74) is 9.50. The molecule has 5 heteroatoms. The molecule has 0 unspecified atom stereocenters. The second-order valence-electron chi connectivity index (χ2n) is 8.00. The van der Waals surface area contributed by atoms with Crippen LogP contribution >= 0.6 is 0 Å². The number of fused-ring (bicyclic) bond motifs is 4. The molecule has 3 atom stereocenters. The van der Waals surface area contributed by atoms with E-state index in [0.717, 1.165) is 30.5 Å². The van der Waals surface area contributed by atoms with Gasteiger partial charge in [0.25, 0.3) is 0 Å². The van der Waals surface area contributed by atoms with Gasteiger partial charge in [0.15, 0.2) is 0 Å². The summed E-state index contributed by atoms with van der Waals surface area (Å²) < 4.78 is 0. The van der Waals surface area contributed by atoms with Crippen molar-refractivity contribution in [1.29, 1.82) is 0 Å². The monoisotopic (exact) mass is 365 g/mol. The molecule has 0 saturated carbocycles. The summed E-state index contributed by atoms with van der Waals surface area (Å²) in [6.45, 7) is 0.882. The Morgan fingerprint density at radius 3 is 2.78 bits per heavy atom. The lowest BCUT2D eigenvalue weighted by Gasteiger charge is -2.56. The van der Waals surface area contributed by atoms with Crippen LogP contribution in [0.25, 0.3) is 0 Å². The van der Waals surface area contributed by atoms with Crippen LogP contribution in [0.1, 0.15) is 23.1 Å². The second-order valence-corrected chi connectivity index (χ2v) is 8.00. The molecule has 3 N–H and O–H groups in total. The highest BCUT2D eigenvalue weighted by molar-refractivity contribution is 5.79. The average Bonchev–Trinajstić information content (AvgIpc) is 2.66. The maximum atomic E-state index is 13.1. The molecule has 1 aliphatic heterocycles. The number of nitrogens with two attached hydrogens (primary N) is 1. The van der Waals surface area contributed by atoms with E-state index in [2.05, 4.69) is 11.9 Å². The number of phenolic OH excluding ortho intramolecular Hbond substituents is 1. The molecular weight excluding hydrogens is 338 g/mol. The minimum Gasteiger partial charge on any atom is -0.508 e. The minimum absolute atomic E-state index is 0.0740. The highest BCUT2D eigenvalue weighted by Gasteiger charge is 2.53. The Morgan fingerprint density at radius 2 is 2.04 bits per heavy atom. The molecule has 0 radical (unpaired) electrons. The summed E-state index contributed by atoms with van der Waals surface area (Å²) in [4.78, 5) is 17.2. The first-order chi connectivity index (χ1) is 12.9. The summed E-state index contributed by atoms with van der Waals surface area (Å²) in [6.07, 6.45) is 1.95. The largest absolute Gasteiger partial charge is 0.508 e. The van der Waals surface area contributed by atoms with Crippen LogP contribution in [-0.4, -0.2) is 53.5 Å². The fraction of sp³-hybridized carbons (Fsp3) is 0.409. The maximum absolute atomic E-state index is 13.1. The Labute approximate surface area is 160 Å². The lowest BCUT2D eigenvalue weighted by molar-refractivity contribution is -0.136. The first-order valence-electron chi connectivity index (χ1n) is 9.51. The molecule has 0 aromatic heterocycles. The van der Waals surface area contributed by atoms with Crippen molar-refractivity contribution in [2.45, 2.75) is 36.9 Å². The molecule has 2 aromatic carbocycles. The Hall–Kier alpha value is -2.37. The quantitative estimate of drug-likeness (QED) is 0.871. The normalized spacial score (nSPS) is 27.1. The predicted molar refractivity (Wildman–Crippen MR) is 105 cm³/mol. The van der Waals surface area contributed by atoms with Gasteiger partial charge in [-0.05, 0) is 48.7 Å². The van der Waals surface area contributed by atoms with E-state index in [1.54, 1.807) is 12.1 Å². The van der Waals surface area contributed by atoms with E-state index >= 15 is 0 Å². The van der Waals surface area contributed by atoms with Gasteiger partial charge in [-0.3, -0.25) is 4.79 Å². The van der Waals surface area contributed by atoms with Gasteiger partial charge in [-0.1, -0.05) is 36.4 Å². The number of hydrogen-bond acceptors (Lipinski definition) is 4. The molecule has 142 valence electrons. The van der Waals surface area contributed by atoms with Crippen molar-refractivity contribution in [3.05, 3.63) is 65.2 Å². The SMILES string of the molecule is CN1CC[C@@]2(N)c3cc(O)ccc3C[C@@H]1[C@@H]2N(C)C(=O)Cc1ccccc1. The average molecular weight is 365 g/mol.